The van der Waals surface area contributed by atoms with E-state index in [0.717, 1.165) is 67.1 Å². The molecule has 0 saturated heterocycles. The van der Waals surface area contributed by atoms with E-state index >= 15 is 0 Å². The zero-order chi connectivity index (χ0) is 43.4. The van der Waals surface area contributed by atoms with Crippen molar-refractivity contribution in [2.45, 2.75) is 98.8 Å². The predicted octanol–water partition coefficient (Wildman–Crippen LogP) is 15.0. The number of benzene rings is 5. The van der Waals surface area contributed by atoms with Gasteiger partial charge in [-0.3, -0.25) is 9.55 Å². The quantitative estimate of drug-likeness (QED) is 0.166. The highest BCUT2D eigenvalue weighted by atomic mass is 16.3. The third-order valence-corrected chi connectivity index (χ3v) is 12.0. The van der Waals surface area contributed by atoms with Crippen LogP contribution in [0.3, 0.4) is 0 Å². The number of rotatable bonds is 8. The Kier molecular flexibility index (Phi) is 10.8. The van der Waals surface area contributed by atoms with Crippen LogP contribution in [-0.4, -0.2) is 24.6 Å². The highest BCUT2D eigenvalue weighted by molar-refractivity contribution is 5.95. The summed E-state index contributed by atoms with van der Waals surface area (Å²) in [5, 5.41) is 12.4. The summed E-state index contributed by atoms with van der Waals surface area (Å²) in [6.45, 7) is 24.2. The number of pyridine rings is 2. The third-order valence-electron chi connectivity index (χ3n) is 12.0. The van der Waals surface area contributed by atoms with E-state index in [0.29, 0.717) is 11.4 Å². The Morgan fingerprint density at radius 3 is 1.80 bits per heavy atom. The van der Waals surface area contributed by atoms with E-state index in [4.69, 9.17) is 15.0 Å². The van der Waals surface area contributed by atoms with Crippen LogP contribution in [0, 0.1) is 6.92 Å². The number of nitrogens with zero attached hydrogens (tertiary/aromatic N) is 4. The second-order valence-electron chi connectivity index (χ2n) is 19.2. The molecule has 0 aliphatic carbocycles. The number of hydrogen-bond donors (Lipinski definition) is 1. The van der Waals surface area contributed by atoms with Gasteiger partial charge in [0.15, 0.2) is 11.5 Å². The van der Waals surface area contributed by atoms with Gasteiger partial charge in [0, 0.05) is 29.1 Å². The normalized spacial score (nSPS) is 12.2. The predicted molar refractivity (Wildman–Crippen MR) is 256 cm³/mol. The van der Waals surface area contributed by atoms with Crippen LogP contribution in [-0.2, 0) is 10.8 Å². The minimum absolute atomic E-state index is 0.169. The van der Waals surface area contributed by atoms with E-state index in [9.17, 15) is 5.11 Å². The van der Waals surface area contributed by atoms with Crippen molar-refractivity contribution < 1.29 is 5.11 Å². The molecule has 0 amide bonds. The second-order valence-corrected chi connectivity index (χ2v) is 19.2. The maximum atomic E-state index is 12.4. The van der Waals surface area contributed by atoms with E-state index in [2.05, 4.69) is 196 Å². The lowest BCUT2D eigenvalue weighted by Crippen LogP contribution is -2.17. The van der Waals surface area contributed by atoms with Gasteiger partial charge in [-0.2, -0.15) is 0 Å². The van der Waals surface area contributed by atoms with E-state index < -0.39 is 0 Å². The summed E-state index contributed by atoms with van der Waals surface area (Å²) in [5.41, 5.74) is 17.0. The van der Waals surface area contributed by atoms with Gasteiger partial charge in [0.25, 0.3) is 0 Å². The van der Waals surface area contributed by atoms with E-state index in [-0.39, 0.29) is 28.4 Å². The molecular formula is C56H58N4O. The van der Waals surface area contributed by atoms with Crippen molar-refractivity contribution in [3.05, 3.63) is 162 Å². The van der Waals surface area contributed by atoms with Gasteiger partial charge in [0.2, 0.25) is 0 Å². The van der Waals surface area contributed by atoms with Crippen molar-refractivity contribution >= 4 is 11.2 Å². The number of imidazole rings is 1. The fraction of sp³-hybridized carbons (Fsp3) is 0.268. The molecule has 8 aromatic rings. The Balaban J connectivity index is 1.33. The van der Waals surface area contributed by atoms with Gasteiger partial charge in [0.05, 0.1) is 16.9 Å². The molecule has 0 aliphatic heterocycles. The topological polar surface area (TPSA) is 63.8 Å². The largest absolute Gasteiger partial charge is 0.507 e. The summed E-state index contributed by atoms with van der Waals surface area (Å²) in [6.07, 6.45) is 3.87. The fourth-order valence-corrected chi connectivity index (χ4v) is 8.49. The first-order valence-corrected chi connectivity index (χ1v) is 21.6. The lowest BCUT2D eigenvalue weighted by atomic mass is 9.79. The summed E-state index contributed by atoms with van der Waals surface area (Å²) in [5.74, 6) is 1.39. The molecule has 0 spiro atoms. The van der Waals surface area contributed by atoms with Gasteiger partial charge < -0.3 is 5.11 Å². The van der Waals surface area contributed by atoms with Gasteiger partial charge in [-0.25, -0.2) is 9.97 Å². The first-order chi connectivity index (χ1) is 29.0. The van der Waals surface area contributed by atoms with E-state index in [1.54, 1.807) is 0 Å². The van der Waals surface area contributed by atoms with Crippen LogP contribution in [0.1, 0.15) is 109 Å². The molecule has 0 unspecified atom stereocenters. The molecule has 0 aliphatic rings. The molecular weight excluding hydrogens is 745 g/mol. The number of aromatic hydroxyl groups is 1. The zero-order valence-corrected chi connectivity index (χ0v) is 37.6. The number of hydrogen-bond acceptors (Lipinski definition) is 4. The molecule has 0 fully saturated rings. The van der Waals surface area contributed by atoms with Crippen LogP contribution in [0.15, 0.2) is 134 Å². The smallest absolute Gasteiger partial charge is 0.165 e. The van der Waals surface area contributed by atoms with Crippen molar-refractivity contribution in [3.8, 4) is 67.5 Å². The maximum Gasteiger partial charge on any atom is 0.165 e. The Labute approximate surface area is 362 Å². The van der Waals surface area contributed by atoms with Crippen LogP contribution < -0.4 is 0 Å². The molecule has 3 heterocycles. The summed E-state index contributed by atoms with van der Waals surface area (Å²) in [6, 6.07) is 43.1. The minimum atomic E-state index is -0.310. The monoisotopic (exact) mass is 802 g/mol. The molecule has 5 aromatic carbocycles. The Hall–Kier alpha value is -6.33. The number of aryl methyl sites for hydroxylation is 1. The number of phenolic OH excluding ortho intramolecular Hbond substituents is 1. The highest BCUT2D eigenvalue weighted by Gasteiger charge is 2.30. The van der Waals surface area contributed by atoms with Gasteiger partial charge in [-0.05, 0) is 104 Å². The van der Waals surface area contributed by atoms with Crippen molar-refractivity contribution in [3.63, 3.8) is 0 Å². The van der Waals surface area contributed by atoms with Crippen molar-refractivity contribution in [2.24, 2.45) is 0 Å². The molecule has 5 nitrogen and oxygen atoms in total. The van der Waals surface area contributed by atoms with Gasteiger partial charge >= 0.3 is 0 Å². The molecule has 0 bridgehead atoms. The van der Waals surface area contributed by atoms with Gasteiger partial charge in [-0.15, -0.1) is 0 Å². The number of phenols is 1. The lowest BCUT2D eigenvalue weighted by Gasteiger charge is -2.28. The average Bonchev–Trinajstić information content (AvgIpc) is 3.62. The second kappa shape index (κ2) is 15.9. The Morgan fingerprint density at radius 2 is 1.16 bits per heavy atom. The molecule has 0 saturated carbocycles. The summed E-state index contributed by atoms with van der Waals surface area (Å²) < 4.78 is 2.23. The Bertz CT molecular complexity index is 2860. The van der Waals surface area contributed by atoms with E-state index in [1.165, 1.54) is 22.3 Å². The zero-order valence-electron chi connectivity index (χ0n) is 37.6. The van der Waals surface area contributed by atoms with Crippen molar-refractivity contribution in [1.82, 2.24) is 19.5 Å². The maximum absolute atomic E-state index is 12.4. The van der Waals surface area contributed by atoms with Crippen LogP contribution in [0.2, 0.25) is 0 Å². The molecule has 61 heavy (non-hydrogen) atoms. The third kappa shape index (κ3) is 7.90. The molecule has 5 heteroatoms. The standard InChI is InChI=1S/C56H58N4O/c1-34(2)43-21-16-22-44(35(3)4)51(43)60-53(47-30-42(55(6,7)8)31-48(52(47)61)56(9,10)11)59-50-45(27-28-57-54(50)60)40-19-15-20-41(29-40)49-32-46(36(5)33-58-49)39-25-23-38(24-26-39)37-17-13-12-14-18-37/h12-35,61H,1-11H3. The molecule has 0 radical (unpaired) electrons. The molecule has 8 rings (SSSR count). The highest BCUT2D eigenvalue weighted by Crippen LogP contribution is 2.46. The molecule has 1 N–H and O–H groups in total. The van der Waals surface area contributed by atoms with Crippen LogP contribution >= 0.6 is 0 Å². The first kappa shape index (κ1) is 41.4. The van der Waals surface area contributed by atoms with Gasteiger partial charge in [0.1, 0.15) is 11.3 Å². The Morgan fingerprint density at radius 1 is 0.557 bits per heavy atom. The van der Waals surface area contributed by atoms with Crippen molar-refractivity contribution in [2.75, 3.05) is 0 Å². The van der Waals surface area contributed by atoms with Crippen LogP contribution in [0.25, 0.3) is 72.9 Å². The lowest BCUT2D eigenvalue weighted by molar-refractivity contribution is 0.446. The van der Waals surface area contributed by atoms with Crippen molar-refractivity contribution in [1.29, 1.82) is 0 Å². The molecule has 308 valence electrons. The number of aromatic nitrogens is 4. The summed E-state index contributed by atoms with van der Waals surface area (Å²) in [7, 11) is 0. The molecule has 3 aromatic heterocycles. The SMILES string of the molecule is Cc1cnc(-c2cccc(-c3ccnc4c3nc(-c3cc(C(C)(C)C)cc(C(C)(C)C)c3O)n4-c3c(C(C)C)cccc3C(C)C)c2)cc1-c1ccc(-c2ccccc2)cc1. The van der Waals surface area contributed by atoms with Gasteiger partial charge in [-0.1, -0.05) is 166 Å². The van der Waals surface area contributed by atoms with Crippen LogP contribution in [0.4, 0.5) is 0 Å². The number of fused-ring (bicyclic) bond motifs is 1. The summed E-state index contributed by atoms with van der Waals surface area (Å²) in [4.78, 5) is 15.6. The minimum Gasteiger partial charge on any atom is -0.507 e. The number of para-hydroxylation sites is 1. The fourth-order valence-electron chi connectivity index (χ4n) is 8.49. The van der Waals surface area contributed by atoms with Crippen LogP contribution in [0.5, 0.6) is 5.75 Å². The molecule has 0 atom stereocenters. The first-order valence-electron chi connectivity index (χ1n) is 21.6. The average molecular weight is 803 g/mol. The van der Waals surface area contributed by atoms with E-state index in [1.807, 2.05) is 18.5 Å². The summed E-state index contributed by atoms with van der Waals surface area (Å²) >= 11 is 0.